The van der Waals surface area contributed by atoms with E-state index in [9.17, 15) is 0 Å². The molecule has 0 fully saturated rings. The minimum absolute atomic E-state index is 0.716. The first-order valence-electron chi connectivity index (χ1n) is 16.2. The summed E-state index contributed by atoms with van der Waals surface area (Å²) in [6, 6.07) is 55.1. The van der Waals surface area contributed by atoms with Crippen molar-refractivity contribution in [3.05, 3.63) is 169 Å². The van der Waals surface area contributed by atoms with Crippen LogP contribution in [0.3, 0.4) is 0 Å². The Balaban J connectivity index is 1.09. The van der Waals surface area contributed by atoms with Crippen LogP contribution < -0.4 is 14.5 Å². The summed E-state index contributed by atoms with van der Waals surface area (Å²) in [5.41, 5.74) is 10.3. The van der Waals surface area contributed by atoms with Crippen LogP contribution in [0, 0.1) is 6.92 Å². The van der Waals surface area contributed by atoms with Gasteiger partial charge >= 0.3 is 0 Å². The smallest absolute Gasteiger partial charge is 0.138 e. The van der Waals surface area contributed by atoms with Gasteiger partial charge in [-0.25, -0.2) is 4.98 Å². The number of para-hydroxylation sites is 4. The number of anilines is 4. The fourth-order valence-corrected chi connectivity index (χ4v) is 6.98. The zero-order valence-corrected chi connectivity index (χ0v) is 26.5. The summed E-state index contributed by atoms with van der Waals surface area (Å²) < 4.78 is 8.85. The number of benzene rings is 6. The normalized spacial score (nSPS) is 12.5. The van der Waals surface area contributed by atoms with Gasteiger partial charge in [0.05, 0.1) is 22.4 Å². The third-order valence-corrected chi connectivity index (χ3v) is 9.25. The Labute approximate surface area is 279 Å². The Morgan fingerprint density at radius 3 is 2.08 bits per heavy atom. The van der Waals surface area contributed by atoms with Crippen molar-refractivity contribution in [1.29, 1.82) is 0 Å². The van der Waals surface area contributed by atoms with E-state index in [1.165, 1.54) is 33.6 Å². The number of pyridine rings is 1. The van der Waals surface area contributed by atoms with Crippen molar-refractivity contribution in [1.82, 2.24) is 9.55 Å². The number of ether oxygens (including phenoxy) is 1. The maximum Gasteiger partial charge on any atom is 0.138 e. The Morgan fingerprint density at radius 2 is 1.23 bits per heavy atom. The van der Waals surface area contributed by atoms with Gasteiger partial charge in [0.1, 0.15) is 24.0 Å². The lowest BCUT2D eigenvalue weighted by molar-refractivity contribution is 0.483. The second kappa shape index (κ2) is 11.5. The molecule has 1 aliphatic heterocycles. The summed E-state index contributed by atoms with van der Waals surface area (Å²) in [6.07, 6.45) is 1.90. The number of rotatable bonds is 6. The SMILES string of the molecule is Cc1ccccc1-c1ccnc(-n2c3ccccc3c3ccc(Oc4cccc(N5CN(c6ccccc6)c6ccccc65)c4)cc32)c1. The summed E-state index contributed by atoms with van der Waals surface area (Å²) >= 11 is 0. The molecule has 0 aliphatic carbocycles. The molecule has 6 aromatic carbocycles. The molecule has 0 bridgehead atoms. The third kappa shape index (κ3) is 4.76. The van der Waals surface area contributed by atoms with Crippen LogP contribution in [0.15, 0.2) is 164 Å². The highest BCUT2D eigenvalue weighted by Gasteiger charge is 2.27. The molecule has 1 aliphatic rings. The molecule has 2 aromatic heterocycles. The van der Waals surface area contributed by atoms with E-state index in [0.717, 1.165) is 45.0 Å². The molecule has 0 spiro atoms. The number of aryl methyl sites for hydroxylation is 1. The summed E-state index contributed by atoms with van der Waals surface area (Å²) in [7, 11) is 0. The standard InChI is InChI=1S/C43H32N4O/c1-30-12-5-6-17-36(30)31-24-25-44-43(26-31)47-39-19-8-7-18-37(39)38-23-22-35(28-42(38)47)48-34-16-11-15-33(27-34)46-29-45(32-13-3-2-4-14-32)40-20-9-10-21-41(40)46/h2-28H,29H2,1H3. The van der Waals surface area contributed by atoms with Crippen LogP contribution in [-0.2, 0) is 0 Å². The van der Waals surface area contributed by atoms with Crippen LogP contribution in [0.5, 0.6) is 11.5 Å². The summed E-state index contributed by atoms with van der Waals surface area (Å²) in [6.45, 7) is 2.86. The molecule has 0 unspecified atom stereocenters. The molecule has 0 saturated carbocycles. The van der Waals surface area contributed by atoms with Crippen molar-refractivity contribution in [2.45, 2.75) is 6.92 Å². The average Bonchev–Trinajstić information content (AvgIpc) is 3.69. The molecule has 5 heteroatoms. The quantitative estimate of drug-likeness (QED) is 0.185. The van der Waals surface area contributed by atoms with Gasteiger partial charge in [-0.05, 0) is 90.3 Å². The van der Waals surface area contributed by atoms with Crippen LogP contribution in [0.25, 0.3) is 38.8 Å². The van der Waals surface area contributed by atoms with Gasteiger partial charge in [-0.3, -0.25) is 4.57 Å². The van der Waals surface area contributed by atoms with E-state index in [1.807, 2.05) is 12.3 Å². The predicted molar refractivity (Wildman–Crippen MR) is 197 cm³/mol. The zero-order chi connectivity index (χ0) is 32.0. The summed E-state index contributed by atoms with van der Waals surface area (Å²) in [5, 5.41) is 2.34. The maximum atomic E-state index is 6.61. The summed E-state index contributed by atoms with van der Waals surface area (Å²) in [5.74, 6) is 2.42. The van der Waals surface area contributed by atoms with Crippen LogP contribution in [0.1, 0.15) is 5.56 Å². The van der Waals surface area contributed by atoms with E-state index < -0.39 is 0 Å². The molecular formula is C43H32N4O. The van der Waals surface area contributed by atoms with E-state index >= 15 is 0 Å². The second-order valence-electron chi connectivity index (χ2n) is 12.2. The number of hydrogen-bond acceptors (Lipinski definition) is 4. The molecule has 0 atom stereocenters. The van der Waals surface area contributed by atoms with E-state index in [-0.39, 0.29) is 0 Å². The van der Waals surface area contributed by atoms with Crippen molar-refractivity contribution in [3.8, 4) is 28.4 Å². The van der Waals surface area contributed by atoms with Crippen molar-refractivity contribution >= 4 is 44.6 Å². The molecule has 3 heterocycles. The molecular weight excluding hydrogens is 589 g/mol. The lowest BCUT2D eigenvalue weighted by Gasteiger charge is -2.22. The van der Waals surface area contributed by atoms with Gasteiger partial charge < -0.3 is 14.5 Å². The third-order valence-electron chi connectivity index (χ3n) is 9.25. The van der Waals surface area contributed by atoms with Crippen molar-refractivity contribution in [2.75, 3.05) is 16.5 Å². The Kier molecular flexibility index (Phi) is 6.68. The topological polar surface area (TPSA) is 33.5 Å². The van der Waals surface area contributed by atoms with Crippen molar-refractivity contribution in [2.24, 2.45) is 0 Å². The molecule has 0 radical (unpaired) electrons. The molecule has 0 saturated heterocycles. The average molecular weight is 621 g/mol. The van der Waals surface area contributed by atoms with Gasteiger partial charge in [0, 0.05) is 40.5 Å². The number of hydrogen-bond donors (Lipinski definition) is 0. The highest BCUT2D eigenvalue weighted by Crippen LogP contribution is 2.45. The van der Waals surface area contributed by atoms with Crippen molar-refractivity contribution < 1.29 is 4.74 Å². The molecule has 8 aromatic rings. The van der Waals surface area contributed by atoms with Gasteiger partial charge in [-0.2, -0.15) is 0 Å². The zero-order valence-electron chi connectivity index (χ0n) is 26.5. The van der Waals surface area contributed by atoms with Gasteiger partial charge in [0.25, 0.3) is 0 Å². The van der Waals surface area contributed by atoms with Gasteiger partial charge in [0.15, 0.2) is 0 Å². The molecule has 48 heavy (non-hydrogen) atoms. The fraction of sp³-hybridized carbons (Fsp3) is 0.0465. The molecule has 0 amide bonds. The molecule has 230 valence electrons. The highest BCUT2D eigenvalue weighted by atomic mass is 16.5. The highest BCUT2D eigenvalue weighted by molar-refractivity contribution is 6.09. The van der Waals surface area contributed by atoms with Gasteiger partial charge in [-0.1, -0.05) is 78.9 Å². The summed E-state index contributed by atoms with van der Waals surface area (Å²) in [4.78, 5) is 9.55. The van der Waals surface area contributed by atoms with Crippen molar-refractivity contribution in [3.63, 3.8) is 0 Å². The Bertz CT molecular complexity index is 2450. The predicted octanol–water partition coefficient (Wildman–Crippen LogP) is 11.2. The first-order valence-corrected chi connectivity index (χ1v) is 16.2. The minimum Gasteiger partial charge on any atom is -0.457 e. The van der Waals surface area contributed by atoms with E-state index in [4.69, 9.17) is 9.72 Å². The monoisotopic (exact) mass is 620 g/mol. The van der Waals surface area contributed by atoms with E-state index in [2.05, 4.69) is 173 Å². The second-order valence-corrected chi connectivity index (χ2v) is 12.2. The molecule has 5 nitrogen and oxygen atoms in total. The van der Waals surface area contributed by atoms with Crippen LogP contribution in [-0.4, -0.2) is 16.2 Å². The maximum absolute atomic E-state index is 6.61. The lowest BCUT2D eigenvalue weighted by Crippen LogP contribution is -2.23. The first-order chi connectivity index (χ1) is 23.7. The largest absolute Gasteiger partial charge is 0.457 e. The minimum atomic E-state index is 0.716. The first kappa shape index (κ1) is 27.9. The van der Waals surface area contributed by atoms with Gasteiger partial charge in [-0.15, -0.1) is 0 Å². The van der Waals surface area contributed by atoms with Gasteiger partial charge in [0.2, 0.25) is 0 Å². The lowest BCUT2D eigenvalue weighted by atomic mass is 10.0. The number of aromatic nitrogens is 2. The number of fused-ring (bicyclic) bond motifs is 4. The fourth-order valence-electron chi connectivity index (χ4n) is 6.98. The Morgan fingerprint density at radius 1 is 0.542 bits per heavy atom. The Hall–Kier alpha value is -6.33. The van der Waals surface area contributed by atoms with E-state index in [0.29, 0.717) is 6.67 Å². The van der Waals surface area contributed by atoms with Crippen LogP contribution in [0.4, 0.5) is 22.7 Å². The number of nitrogens with zero attached hydrogens (tertiary/aromatic N) is 4. The van der Waals surface area contributed by atoms with E-state index in [1.54, 1.807) is 0 Å². The van der Waals surface area contributed by atoms with Crippen LogP contribution in [0.2, 0.25) is 0 Å². The molecule has 9 rings (SSSR count). The molecule has 0 N–H and O–H groups in total. The van der Waals surface area contributed by atoms with Crippen LogP contribution >= 0.6 is 0 Å².